The first-order valence-corrected chi connectivity index (χ1v) is 8.06. The van der Waals surface area contributed by atoms with Crippen LogP contribution in [0.25, 0.3) is 0 Å². The van der Waals surface area contributed by atoms with Crippen molar-refractivity contribution in [2.45, 2.75) is 19.4 Å². The van der Waals surface area contributed by atoms with E-state index in [4.69, 9.17) is 9.47 Å². The third kappa shape index (κ3) is 4.76. The van der Waals surface area contributed by atoms with E-state index in [1.807, 2.05) is 0 Å². The normalized spacial score (nSPS) is 11.4. The first kappa shape index (κ1) is 17.9. The molecule has 0 heterocycles. The van der Waals surface area contributed by atoms with Crippen molar-refractivity contribution in [2.75, 3.05) is 0 Å². The van der Waals surface area contributed by atoms with Crippen molar-refractivity contribution in [1.82, 2.24) is 0 Å². The van der Waals surface area contributed by atoms with Gasteiger partial charge in [0.25, 0.3) is 0 Å². The van der Waals surface area contributed by atoms with Crippen LogP contribution >= 0.6 is 15.9 Å². The third-order valence-electron chi connectivity index (χ3n) is 3.10. The van der Waals surface area contributed by atoms with Crippen LogP contribution in [0.15, 0.2) is 59.1 Å². The maximum Gasteiger partial charge on any atom is 0.359 e. The molecule has 2 aromatic rings. The highest BCUT2D eigenvalue weighted by molar-refractivity contribution is 9.10. The lowest BCUT2D eigenvalue weighted by atomic mass is 10.1. The van der Waals surface area contributed by atoms with Crippen LogP contribution in [-0.4, -0.2) is 17.9 Å². The maximum absolute atomic E-state index is 12.3. The number of hydrogen-bond donors (Lipinski definition) is 0. The Morgan fingerprint density at radius 3 is 2.38 bits per heavy atom. The molecular formula is C18H15BrO5. The van der Waals surface area contributed by atoms with Crippen molar-refractivity contribution in [3.05, 3.63) is 70.2 Å². The molecule has 0 aliphatic heterocycles. The van der Waals surface area contributed by atoms with Gasteiger partial charge in [-0.15, -0.1) is 0 Å². The topological polar surface area (TPSA) is 69.7 Å². The van der Waals surface area contributed by atoms with Crippen molar-refractivity contribution >= 4 is 33.8 Å². The lowest BCUT2D eigenvalue weighted by Gasteiger charge is -2.16. The van der Waals surface area contributed by atoms with Crippen LogP contribution in [0.3, 0.4) is 0 Å². The molecule has 0 fully saturated rings. The van der Waals surface area contributed by atoms with Crippen LogP contribution in [0.4, 0.5) is 0 Å². The van der Waals surface area contributed by atoms with Crippen LogP contribution in [0, 0.1) is 0 Å². The van der Waals surface area contributed by atoms with Gasteiger partial charge in [0.2, 0.25) is 6.10 Å². The zero-order chi connectivity index (χ0) is 17.5. The second-order valence-electron chi connectivity index (χ2n) is 4.85. The van der Waals surface area contributed by atoms with Crippen LogP contribution < -0.4 is 0 Å². The lowest BCUT2D eigenvalue weighted by molar-refractivity contribution is -0.166. The zero-order valence-electron chi connectivity index (χ0n) is 12.9. The molecule has 2 aromatic carbocycles. The summed E-state index contributed by atoms with van der Waals surface area (Å²) < 4.78 is 10.7. The van der Waals surface area contributed by atoms with Crippen LogP contribution in [0.2, 0.25) is 0 Å². The molecule has 5 nitrogen and oxygen atoms in total. The molecule has 0 bridgehead atoms. The predicted molar refractivity (Wildman–Crippen MR) is 90.1 cm³/mol. The number of rotatable bonds is 5. The minimum Gasteiger partial charge on any atom is -0.442 e. The second-order valence-corrected chi connectivity index (χ2v) is 5.77. The Bertz CT molecular complexity index is 742. The summed E-state index contributed by atoms with van der Waals surface area (Å²) in [5.74, 6) is -2.29. The summed E-state index contributed by atoms with van der Waals surface area (Å²) in [6.07, 6.45) is -1.26. The van der Waals surface area contributed by atoms with Gasteiger partial charge in [-0.1, -0.05) is 59.3 Å². The highest BCUT2D eigenvalue weighted by atomic mass is 79.9. The smallest absolute Gasteiger partial charge is 0.359 e. The van der Waals surface area contributed by atoms with Crippen molar-refractivity contribution in [2.24, 2.45) is 0 Å². The number of esters is 3. The van der Waals surface area contributed by atoms with Crippen molar-refractivity contribution < 1.29 is 23.9 Å². The fourth-order valence-electron chi connectivity index (χ4n) is 1.91. The average molecular weight is 391 g/mol. The van der Waals surface area contributed by atoms with Gasteiger partial charge < -0.3 is 9.47 Å². The van der Waals surface area contributed by atoms with Crippen LogP contribution in [0.5, 0.6) is 0 Å². The molecule has 0 saturated carbocycles. The quantitative estimate of drug-likeness (QED) is 0.573. The molecule has 124 valence electrons. The first-order valence-electron chi connectivity index (χ1n) is 7.27. The highest BCUT2D eigenvalue weighted by Gasteiger charge is 2.28. The van der Waals surface area contributed by atoms with E-state index in [1.165, 1.54) is 0 Å². The predicted octanol–water partition coefficient (Wildman–Crippen LogP) is 3.83. The molecular weight excluding hydrogens is 376 g/mol. The summed E-state index contributed by atoms with van der Waals surface area (Å²) in [5.41, 5.74) is 0.703. The summed E-state index contributed by atoms with van der Waals surface area (Å²) in [7, 11) is 0. The number of benzene rings is 2. The lowest BCUT2D eigenvalue weighted by Crippen LogP contribution is -2.24. The molecule has 1 atom stereocenters. The molecule has 0 radical (unpaired) electrons. The van der Waals surface area contributed by atoms with E-state index < -0.39 is 24.0 Å². The first-order chi connectivity index (χ1) is 11.5. The Labute approximate surface area is 147 Å². The van der Waals surface area contributed by atoms with E-state index in [-0.39, 0.29) is 12.0 Å². The fraction of sp³-hybridized carbons (Fsp3) is 0.167. The van der Waals surface area contributed by atoms with Gasteiger partial charge in [0.05, 0.1) is 5.56 Å². The molecule has 24 heavy (non-hydrogen) atoms. The summed E-state index contributed by atoms with van der Waals surface area (Å²) in [5, 5.41) is 0. The van der Waals surface area contributed by atoms with E-state index >= 15 is 0 Å². The van der Waals surface area contributed by atoms with Crippen molar-refractivity contribution in [1.29, 1.82) is 0 Å². The average Bonchev–Trinajstić information content (AvgIpc) is 2.59. The molecule has 2 rings (SSSR count). The molecule has 6 heteroatoms. The number of halogens is 1. The van der Waals surface area contributed by atoms with Gasteiger partial charge in [-0.3, -0.25) is 4.79 Å². The highest BCUT2D eigenvalue weighted by Crippen LogP contribution is 2.22. The fourth-order valence-corrected chi connectivity index (χ4v) is 2.31. The molecule has 1 unspecified atom stereocenters. The minimum atomic E-state index is -1.31. The van der Waals surface area contributed by atoms with Gasteiger partial charge in [0, 0.05) is 16.5 Å². The molecule has 0 aliphatic carbocycles. The molecule has 0 amide bonds. The Morgan fingerprint density at radius 2 is 1.75 bits per heavy atom. The van der Waals surface area contributed by atoms with Crippen LogP contribution in [-0.2, 0) is 19.1 Å². The van der Waals surface area contributed by atoms with E-state index in [9.17, 15) is 14.4 Å². The van der Waals surface area contributed by atoms with E-state index in [2.05, 4.69) is 15.9 Å². The zero-order valence-corrected chi connectivity index (χ0v) is 14.5. The Hall–Kier alpha value is -2.47. The summed E-state index contributed by atoms with van der Waals surface area (Å²) in [6.45, 7) is 1.57. The van der Waals surface area contributed by atoms with Gasteiger partial charge in [-0.05, 0) is 18.2 Å². The van der Waals surface area contributed by atoms with E-state index in [0.717, 1.165) is 0 Å². The van der Waals surface area contributed by atoms with Gasteiger partial charge in [-0.25, -0.2) is 9.59 Å². The van der Waals surface area contributed by atoms with Crippen LogP contribution in [0.1, 0.15) is 35.4 Å². The Balaban J connectivity index is 2.24. The van der Waals surface area contributed by atoms with Gasteiger partial charge >= 0.3 is 17.9 Å². The SMILES string of the molecule is CCC(=O)OC(=O)C(OC(=O)c1cccc(Br)c1)c1ccccc1. The molecule has 0 aromatic heterocycles. The Morgan fingerprint density at radius 1 is 1.04 bits per heavy atom. The van der Waals surface area contributed by atoms with Gasteiger partial charge in [0.15, 0.2) is 0 Å². The Kier molecular flexibility index (Phi) is 6.26. The standard InChI is InChI=1S/C18H15BrO5/c1-2-15(20)23-18(22)16(12-7-4-3-5-8-12)24-17(21)13-9-6-10-14(19)11-13/h3-11,16H,2H2,1H3. The van der Waals surface area contributed by atoms with Crippen molar-refractivity contribution in [3.8, 4) is 0 Å². The molecule has 0 aliphatic rings. The largest absolute Gasteiger partial charge is 0.442 e. The molecule has 0 N–H and O–H groups in total. The minimum absolute atomic E-state index is 0.0484. The summed E-state index contributed by atoms with van der Waals surface area (Å²) in [4.78, 5) is 35.9. The molecule has 0 saturated heterocycles. The maximum atomic E-state index is 12.3. The summed E-state index contributed by atoms with van der Waals surface area (Å²) in [6, 6.07) is 15.0. The van der Waals surface area contributed by atoms with Gasteiger partial charge in [0.1, 0.15) is 0 Å². The van der Waals surface area contributed by atoms with Crippen molar-refractivity contribution in [3.63, 3.8) is 0 Å². The van der Waals surface area contributed by atoms with Gasteiger partial charge in [-0.2, -0.15) is 0 Å². The third-order valence-corrected chi connectivity index (χ3v) is 3.60. The number of hydrogen-bond acceptors (Lipinski definition) is 5. The number of carbonyl (C=O) groups is 3. The second kappa shape index (κ2) is 8.40. The molecule has 0 spiro atoms. The van der Waals surface area contributed by atoms with E-state index in [0.29, 0.717) is 10.0 Å². The summed E-state index contributed by atoms with van der Waals surface area (Å²) >= 11 is 3.27. The number of ether oxygens (including phenoxy) is 2. The van der Waals surface area contributed by atoms with E-state index in [1.54, 1.807) is 61.5 Å². The number of carbonyl (C=O) groups excluding carboxylic acids is 3. The monoisotopic (exact) mass is 390 g/mol.